The normalized spacial score (nSPS) is 21.1. The number of aryl methyl sites for hydroxylation is 1. The van der Waals surface area contributed by atoms with E-state index in [-0.39, 0.29) is 0 Å². The minimum atomic E-state index is 0.410. The van der Waals surface area contributed by atoms with E-state index in [1.54, 1.807) is 0 Å². The highest BCUT2D eigenvalue weighted by Crippen LogP contribution is 2.20. The number of aromatic nitrogens is 1. The largest absolute Gasteiger partial charge is 0.380 e. The van der Waals surface area contributed by atoms with E-state index in [9.17, 15) is 0 Å². The van der Waals surface area contributed by atoms with Crippen LogP contribution in [0.4, 0.5) is 0 Å². The third-order valence-electron chi connectivity index (χ3n) is 4.15. The summed E-state index contributed by atoms with van der Waals surface area (Å²) in [6.07, 6.45) is 4.97. The van der Waals surface area contributed by atoms with Crippen LogP contribution in [0.1, 0.15) is 18.4 Å². The van der Waals surface area contributed by atoms with Crippen molar-refractivity contribution in [3.63, 3.8) is 0 Å². The van der Waals surface area contributed by atoms with Crippen molar-refractivity contribution in [1.82, 2.24) is 9.47 Å². The van der Waals surface area contributed by atoms with Crippen LogP contribution in [0, 0.1) is 0 Å². The predicted molar refractivity (Wildman–Crippen MR) is 78.2 cm³/mol. The zero-order chi connectivity index (χ0) is 13.2. The number of rotatable bonds is 3. The van der Waals surface area contributed by atoms with E-state index < -0.39 is 0 Å². The summed E-state index contributed by atoms with van der Waals surface area (Å²) < 4.78 is 7.68. The van der Waals surface area contributed by atoms with Gasteiger partial charge in [-0.3, -0.25) is 4.90 Å². The van der Waals surface area contributed by atoms with Crippen LogP contribution in [0.3, 0.4) is 0 Å². The Morgan fingerprint density at radius 1 is 1.32 bits per heavy atom. The maximum atomic E-state index is 5.49. The molecule has 0 spiro atoms. The van der Waals surface area contributed by atoms with E-state index in [2.05, 4.69) is 47.0 Å². The molecule has 1 aromatic carbocycles. The van der Waals surface area contributed by atoms with Crippen molar-refractivity contribution >= 4 is 10.9 Å². The van der Waals surface area contributed by atoms with Crippen LogP contribution >= 0.6 is 0 Å². The summed E-state index contributed by atoms with van der Waals surface area (Å²) in [6, 6.07) is 8.95. The van der Waals surface area contributed by atoms with Gasteiger partial charge in [-0.1, -0.05) is 12.1 Å². The highest BCUT2D eigenvalue weighted by molar-refractivity contribution is 5.80. The summed E-state index contributed by atoms with van der Waals surface area (Å²) in [6.45, 7) is 3.27. The Labute approximate surface area is 114 Å². The SMILES string of the molecule is COC1CCCN(Cc2ccc3ccn(C)c3c2)C1. The first-order valence-corrected chi connectivity index (χ1v) is 7.05. The van der Waals surface area contributed by atoms with Crippen molar-refractivity contribution in [2.45, 2.75) is 25.5 Å². The topological polar surface area (TPSA) is 17.4 Å². The van der Waals surface area contributed by atoms with Gasteiger partial charge in [0.1, 0.15) is 0 Å². The molecule has 1 saturated heterocycles. The number of nitrogens with zero attached hydrogens (tertiary/aromatic N) is 2. The summed E-state index contributed by atoms with van der Waals surface area (Å²) >= 11 is 0. The number of benzene rings is 1. The maximum absolute atomic E-state index is 5.49. The molecule has 1 aromatic heterocycles. The monoisotopic (exact) mass is 258 g/mol. The third kappa shape index (κ3) is 2.67. The second kappa shape index (κ2) is 5.35. The molecule has 19 heavy (non-hydrogen) atoms. The van der Waals surface area contributed by atoms with Gasteiger partial charge in [0.15, 0.2) is 0 Å². The lowest BCUT2D eigenvalue weighted by molar-refractivity contribution is 0.0285. The zero-order valence-electron chi connectivity index (χ0n) is 11.8. The number of ether oxygens (including phenoxy) is 1. The van der Waals surface area contributed by atoms with Gasteiger partial charge in [0.25, 0.3) is 0 Å². The van der Waals surface area contributed by atoms with E-state index in [1.807, 2.05) is 7.11 Å². The van der Waals surface area contributed by atoms with Crippen LogP contribution in [-0.4, -0.2) is 35.8 Å². The van der Waals surface area contributed by atoms with E-state index in [0.29, 0.717) is 6.10 Å². The van der Waals surface area contributed by atoms with E-state index in [1.165, 1.54) is 35.9 Å². The van der Waals surface area contributed by atoms with Crippen LogP contribution in [0.2, 0.25) is 0 Å². The lowest BCUT2D eigenvalue weighted by Gasteiger charge is -2.31. The molecule has 0 saturated carbocycles. The number of fused-ring (bicyclic) bond motifs is 1. The minimum absolute atomic E-state index is 0.410. The Morgan fingerprint density at radius 3 is 3.05 bits per heavy atom. The van der Waals surface area contributed by atoms with Gasteiger partial charge in [0, 0.05) is 39.0 Å². The molecule has 0 N–H and O–H groups in total. The Bertz CT molecular complexity index is 561. The highest BCUT2D eigenvalue weighted by atomic mass is 16.5. The molecule has 1 fully saturated rings. The van der Waals surface area contributed by atoms with Crippen LogP contribution in [0.15, 0.2) is 30.5 Å². The first-order valence-electron chi connectivity index (χ1n) is 7.05. The van der Waals surface area contributed by atoms with E-state index >= 15 is 0 Å². The molecule has 0 aliphatic carbocycles. The summed E-state index contributed by atoms with van der Waals surface area (Å²) in [5.74, 6) is 0. The first kappa shape index (κ1) is 12.7. The van der Waals surface area contributed by atoms with Crippen molar-refractivity contribution in [3.05, 3.63) is 36.0 Å². The van der Waals surface area contributed by atoms with E-state index in [0.717, 1.165) is 13.1 Å². The fourth-order valence-electron chi connectivity index (χ4n) is 3.01. The maximum Gasteiger partial charge on any atom is 0.0698 e. The number of methoxy groups -OCH3 is 1. The molecule has 0 amide bonds. The quantitative estimate of drug-likeness (QED) is 0.842. The molecular weight excluding hydrogens is 236 g/mol. The van der Waals surface area contributed by atoms with Gasteiger partial charge in [-0.2, -0.15) is 0 Å². The lowest BCUT2D eigenvalue weighted by atomic mass is 10.1. The molecule has 1 atom stereocenters. The number of likely N-dealkylation sites (tertiary alicyclic amines) is 1. The van der Waals surface area contributed by atoms with Crippen molar-refractivity contribution in [3.8, 4) is 0 Å². The zero-order valence-corrected chi connectivity index (χ0v) is 11.8. The third-order valence-corrected chi connectivity index (χ3v) is 4.15. The van der Waals surface area contributed by atoms with Crippen molar-refractivity contribution < 1.29 is 4.74 Å². The molecule has 3 heteroatoms. The van der Waals surface area contributed by atoms with Crippen LogP contribution in [-0.2, 0) is 18.3 Å². The van der Waals surface area contributed by atoms with E-state index in [4.69, 9.17) is 4.74 Å². The van der Waals surface area contributed by atoms with Crippen molar-refractivity contribution in [2.75, 3.05) is 20.2 Å². The van der Waals surface area contributed by atoms with Crippen LogP contribution in [0.5, 0.6) is 0 Å². The molecule has 2 aromatic rings. The average molecular weight is 258 g/mol. The average Bonchev–Trinajstić information content (AvgIpc) is 2.80. The molecule has 1 aliphatic rings. The molecule has 0 radical (unpaired) electrons. The fraction of sp³-hybridized carbons (Fsp3) is 0.500. The Morgan fingerprint density at radius 2 is 2.21 bits per heavy atom. The van der Waals surface area contributed by atoms with Crippen LogP contribution in [0.25, 0.3) is 10.9 Å². The number of piperidine rings is 1. The molecule has 1 unspecified atom stereocenters. The van der Waals surface area contributed by atoms with Gasteiger partial charge in [-0.25, -0.2) is 0 Å². The second-order valence-corrected chi connectivity index (χ2v) is 5.55. The highest BCUT2D eigenvalue weighted by Gasteiger charge is 2.19. The fourth-order valence-corrected chi connectivity index (χ4v) is 3.01. The van der Waals surface area contributed by atoms with Gasteiger partial charge in [-0.05, 0) is 42.5 Å². The number of hydrogen-bond donors (Lipinski definition) is 0. The standard InChI is InChI=1S/C16H22N2O/c1-17-9-7-14-6-5-13(10-16(14)17)11-18-8-3-4-15(12-18)19-2/h5-7,9-10,15H,3-4,8,11-12H2,1-2H3. The Balaban J connectivity index is 1.75. The van der Waals surface area contributed by atoms with Crippen molar-refractivity contribution in [2.24, 2.45) is 7.05 Å². The van der Waals surface area contributed by atoms with Gasteiger partial charge in [-0.15, -0.1) is 0 Å². The molecule has 102 valence electrons. The number of hydrogen-bond acceptors (Lipinski definition) is 2. The van der Waals surface area contributed by atoms with Gasteiger partial charge < -0.3 is 9.30 Å². The van der Waals surface area contributed by atoms with Crippen LogP contribution < -0.4 is 0 Å². The van der Waals surface area contributed by atoms with Gasteiger partial charge >= 0.3 is 0 Å². The smallest absolute Gasteiger partial charge is 0.0698 e. The predicted octanol–water partition coefficient (Wildman–Crippen LogP) is 2.79. The minimum Gasteiger partial charge on any atom is -0.380 e. The van der Waals surface area contributed by atoms with Crippen molar-refractivity contribution in [1.29, 1.82) is 0 Å². The molecule has 0 bridgehead atoms. The molecule has 1 aliphatic heterocycles. The second-order valence-electron chi connectivity index (χ2n) is 5.55. The molecular formula is C16H22N2O. The molecule has 2 heterocycles. The summed E-state index contributed by atoms with van der Waals surface area (Å²) in [5, 5.41) is 1.32. The first-order chi connectivity index (χ1) is 9.26. The Kier molecular flexibility index (Phi) is 3.58. The lowest BCUT2D eigenvalue weighted by Crippen LogP contribution is -2.38. The van der Waals surface area contributed by atoms with Gasteiger partial charge in [0.2, 0.25) is 0 Å². The molecule has 3 rings (SSSR count). The summed E-state index contributed by atoms with van der Waals surface area (Å²) in [4.78, 5) is 2.50. The summed E-state index contributed by atoms with van der Waals surface area (Å²) in [5.41, 5.74) is 2.71. The van der Waals surface area contributed by atoms with Gasteiger partial charge in [0.05, 0.1) is 6.10 Å². The Hall–Kier alpha value is -1.32. The molecule has 3 nitrogen and oxygen atoms in total. The summed E-state index contributed by atoms with van der Waals surface area (Å²) in [7, 11) is 3.93.